The monoisotopic (exact) mass is 346 g/mol. The molecule has 2 unspecified atom stereocenters. The number of para-hydroxylation sites is 1. The first kappa shape index (κ1) is 18.9. The Morgan fingerprint density at radius 1 is 1.17 bits per heavy atom. The summed E-state index contributed by atoms with van der Waals surface area (Å²) in [6.07, 6.45) is 0.932. The summed E-state index contributed by atoms with van der Waals surface area (Å²) in [6.45, 7) is 15.4. The molecule has 0 spiro atoms. The number of rotatable bonds is 5. The Kier molecular flexibility index (Phi) is 5.40. The SMILES string of the molecule is CC(CC(C)c1cc2ccccc2oc1=O)O[Si](C)(C)C(C)(C)C. The van der Waals surface area contributed by atoms with Crippen molar-refractivity contribution in [3.8, 4) is 0 Å². The second kappa shape index (κ2) is 6.85. The van der Waals surface area contributed by atoms with Crippen LogP contribution in [0, 0.1) is 0 Å². The van der Waals surface area contributed by atoms with Crippen LogP contribution in [0.15, 0.2) is 39.5 Å². The van der Waals surface area contributed by atoms with Crippen LogP contribution in [0.5, 0.6) is 0 Å². The highest BCUT2D eigenvalue weighted by Crippen LogP contribution is 2.38. The zero-order valence-corrected chi connectivity index (χ0v) is 17.0. The van der Waals surface area contributed by atoms with E-state index in [0.29, 0.717) is 5.58 Å². The second-order valence-corrected chi connectivity index (χ2v) is 13.1. The lowest BCUT2D eigenvalue weighted by Crippen LogP contribution is -2.43. The lowest BCUT2D eigenvalue weighted by molar-refractivity contribution is 0.181. The molecule has 0 saturated carbocycles. The molecule has 4 heteroatoms. The average Bonchev–Trinajstić information content (AvgIpc) is 2.44. The molecule has 0 fully saturated rings. The minimum atomic E-state index is -1.79. The smallest absolute Gasteiger partial charge is 0.339 e. The van der Waals surface area contributed by atoms with Crippen LogP contribution in [0.1, 0.15) is 52.5 Å². The van der Waals surface area contributed by atoms with Crippen LogP contribution in [-0.4, -0.2) is 14.4 Å². The summed E-state index contributed by atoms with van der Waals surface area (Å²) >= 11 is 0. The van der Waals surface area contributed by atoms with Crippen molar-refractivity contribution >= 4 is 19.3 Å². The highest BCUT2D eigenvalue weighted by molar-refractivity contribution is 6.74. The van der Waals surface area contributed by atoms with Gasteiger partial charge >= 0.3 is 5.63 Å². The second-order valence-electron chi connectivity index (χ2n) is 8.35. The molecular formula is C20H30O3Si. The van der Waals surface area contributed by atoms with Gasteiger partial charge < -0.3 is 8.84 Å². The molecule has 3 nitrogen and oxygen atoms in total. The van der Waals surface area contributed by atoms with E-state index in [1.165, 1.54) is 0 Å². The van der Waals surface area contributed by atoms with E-state index in [2.05, 4.69) is 47.7 Å². The summed E-state index contributed by atoms with van der Waals surface area (Å²) in [7, 11) is -1.79. The Labute approximate surface area is 146 Å². The first-order valence-electron chi connectivity index (χ1n) is 8.72. The Hall–Kier alpha value is -1.39. The molecule has 0 aliphatic carbocycles. The zero-order valence-electron chi connectivity index (χ0n) is 16.0. The van der Waals surface area contributed by atoms with Gasteiger partial charge in [-0.05, 0) is 49.5 Å². The summed E-state index contributed by atoms with van der Waals surface area (Å²) in [5.74, 6) is 0.102. The van der Waals surface area contributed by atoms with Crippen LogP contribution in [0.4, 0.5) is 0 Å². The van der Waals surface area contributed by atoms with E-state index >= 15 is 0 Å². The van der Waals surface area contributed by atoms with E-state index < -0.39 is 8.32 Å². The third-order valence-electron chi connectivity index (χ3n) is 5.19. The van der Waals surface area contributed by atoms with Gasteiger partial charge in [0.25, 0.3) is 0 Å². The molecule has 2 aromatic rings. The number of hydrogen-bond acceptors (Lipinski definition) is 3. The Balaban J connectivity index is 2.16. The van der Waals surface area contributed by atoms with Crippen molar-refractivity contribution in [2.24, 2.45) is 0 Å². The van der Waals surface area contributed by atoms with Gasteiger partial charge in [-0.15, -0.1) is 0 Å². The van der Waals surface area contributed by atoms with Gasteiger partial charge in [0.15, 0.2) is 8.32 Å². The standard InChI is InChI=1S/C20H30O3Si/c1-14(12-15(2)23-24(6,7)20(3,4)5)17-13-16-10-8-9-11-18(16)22-19(17)21/h8-11,13-15H,12H2,1-7H3. The van der Waals surface area contributed by atoms with Gasteiger partial charge in [-0.1, -0.05) is 45.9 Å². The molecule has 0 amide bonds. The molecule has 1 aromatic carbocycles. The van der Waals surface area contributed by atoms with Gasteiger partial charge in [-0.25, -0.2) is 4.79 Å². The lowest BCUT2D eigenvalue weighted by atomic mass is 9.96. The van der Waals surface area contributed by atoms with Gasteiger partial charge in [-0.2, -0.15) is 0 Å². The third-order valence-corrected chi connectivity index (χ3v) is 9.79. The maximum Gasteiger partial charge on any atom is 0.339 e. The fraction of sp³-hybridized carbons (Fsp3) is 0.550. The fourth-order valence-electron chi connectivity index (χ4n) is 2.77. The molecule has 0 aliphatic heterocycles. The molecule has 0 N–H and O–H groups in total. The number of hydrogen-bond donors (Lipinski definition) is 0. The highest BCUT2D eigenvalue weighted by Gasteiger charge is 2.38. The normalized spacial score (nSPS) is 15.5. The average molecular weight is 347 g/mol. The maximum absolute atomic E-state index is 12.3. The molecule has 2 rings (SSSR count). The van der Waals surface area contributed by atoms with Crippen molar-refractivity contribution in [2.45, 2.75) is 71.2 Å². The molecule has 132 valence electrons. The van der Waals surface area contributed by atoms with Crippen LogP contribution >= 0.6 is 0 Å². The van der Waals surface area contributed by atoms with Crippen LogP contribution in [0.2, 0.25) is 18.1 Å². The molecule has 0 saturated heterocycles. The van der Waals surface area contributed by atoms with Gasteiger partial charge in [0.05, 0.1) is 0 Å². The summed E-state index contributed by atoms with van der Waals surface area (Å²) in [5.41, 5.74) is 1.14. The van der Waals surface area contributed by atoms with Gasteiger partial charge in [0, 0.05) is 17.1 Å². The first-order valence-corrected chi connectivity index (χ1v) is 11.6. The largest absolute Gasteiger partial charge is 0.423 e. The molecule has 1 heterocycles. The molecule has 0 aliphatic rings. The van der Waals surface area contributed by atoms with Gasteiger partial charge in [0.1, 0.15) is 5.58 Å². The fourth-order valence-corrected chi connectivity index (χ4v) is 4.23. The summed E-state index contributed by atoms with van der Waals surface area (Å²) in [6, 6.07) is 9.60. The molecule has 0 bridgehead atoms. The predicted octanol–water partition coefficient (Wildman–Crippen LogP) is 5.70. The van der Waals surface area contributed by atoms with Crippen molar-refractivity contribution in [1.29, 1.82) is 0 Å². The Morgan fingerprint density at radius 3 is 2.42 bits per heavy atom. The Bertz CT molecular complexity index is 755. The minimum Gasteiger partial charge on any atom is -0.423 e. The summed E-state index contributed by atoms with van der Waals surface area (Å²) in [5, 5.41) is 1.16. The maximum atomic E-state index is 12.3. The van der Waals surface area contributed by atoms with Crippen molar-refractivity contribution < 1.29 is 8.84 Å². The van der Waals surface area contributed by atoms with Crippen molar-refractivity contribution in [3.05, 3.63) is 46.3 Å². The van der Waals surface area contributed by atoms with E-state index in [1.807, 2.05) is 30.3 Å². The number of benzene rings is 1. The Morgan fingerprint density at radius 2 is 1.79 bits per heavy atom. The van der Waals surface area contributed by atoms with Crippen LogP contribution in [0.3, 0.4) is 0 Å². The molecule has 0 radical (unpaired) electrons. The quantitative estimate of drug-likeness (QED) is 0.515. The molecule has 24 heavy (non-hydrogen) atoms. The third kappa shape index (κ3) is 4.17. The van der Waals surface area contributed by atoms with Gasteiger partial charge in [-0.3, -0.25) is 0 Å². The summed E-state index contributed by atoms with van der Waals surface area (Å²) < 4.78 is 11.9. The topological polar surface area (TPSA) is 39.4 Å². The van der Waals surface area contributed by atoms with Crippen molar-refractivity contribution in [3.63, 3.8) is 0 Å². The van der Waals surface area contributed by atoms with E-state index in [-0.39, 0.29) is 22.7 Å². The highest BCUT2D eigenvalue weighted by atomic mass is 28.4. The van der Waals surface area contributed by atoms with Gasteiger partial charge in [0.2, 0.25) is 0 Å². The van der Waals surface area contributed by atoms with Crippen molar-refractivity contribution in [1.82, 2.24) is 0 Å². The molecule has 2 atom stereocenters. The lowest BCUT2D eigenvalue weighted by Gasteiger charge is -2.39. The van der Waals surface area contributed by atoms with E-state index in [4.69, 9.17) is 8.84 Å². The van der Waals surface area contributed by atoms with E-state index in [0.717, 1.165) is 17.4 Å². The first-order chi connectivity index (χ1) is 11.0. The van der Waals surface area contributed by atoms with Crippen LogP contribution in [-0.2, 0) is 4.43 Å². The van der Waals surface area contributed by atoms with Crippen LogP contribution < -0.4 is 5.63 Å². The molecular weight excluding hydrogens is 316 g/mol. The van der Waals surface area contributed by atoms with E-state index in [9.17, 15) is 4.79 Å². The van der Waals surface area contributed by atoms with Crippen molar-refractivity contribution in [2.75, 3.05) is 0 Å². The summed E-state index contributed by atoms with van der Waals surface area (Å²) in [4.78, 5) is 12.3. The zero-order chi connectivity index (χ0) is 18.1. The van der Waals surface area contributed by atoms with E-state index in [1.54, 1.807) is 0 Å². The minimum absolute atomic E-state index is 0.102. The molecule has 1 aromatic heterocycles. The van der Waals surface area contributed by atoms with Crippen LogP contribution in [0.25, 0.3) is 11.0 Å². The number of fused-ring (bicyclic) bond motifs is 1. The predicted molar refractivity (Wildman–Crippen MR) is 103 cm³/mol.